The summed E-state index contributed by atoms with van der Waals surface area (Å²) in [6, 6.07) is 0. The molecule has 1 heterocycles. The first-order valence-corrected chi connectivity index (χ1v) is 5.59. The number of carbonyl (C=O) groups is 1. The fourth-order valence-corrected chi connectivity index (χ4v) is 1.66. The monoisotopic (exact) mass is 305 g/mol. The van der Waals surface area contributed by atoms with Crippen molar-refractivity contribution in [3.63, 3.8) is 0 Å². The molecule has 0 radical (unpaired) electrons. The standard InChI is InChI=1S/C12H8F5N3O/c1-20(4-5-18-2-3-19-5)12(21)6-7(13)9(15)11(17)10(16)8(6)14/h2-3H,4H2,1H3,(H,18,19). The first-order chi connectivity index (χ1) is 9.84. The summed E-state index contributed by atoms with van der Waals surface area (Å²) in [5, 5.41) is 0. The molecule has 0 aliphatic heterocycles. The Morgan fingerprint density at radius 1 is 1.10 bits per heavy atom. The van der Waals surface area contributed by atoms with Gasteiger partial charge in [-0.1, -0.05) is 0 Å². The van der Waals surface area contributed by atoms with Crippen LogP contribution < -0.4 is 0 Å². The van der Waals surface area contributed by atoms with Crippen LogP contribution in [0.25, 0.3) is 0 Å². The number of H-pyrrole nitrogens is 1. The largest absolute Gasteiger partial charge is 0.347 e. The van der Waals surface area contributed by atoms with Crippen molar-refractivity contribution in [2.75, 3.05) is 7.05 Å². The smallest absolute Gasteiger partial charge is 0.260 e. The lowest BCUT2D eigenvalue weighted by molar-refractivity contribution is 0.0768. The Bertz CT molecular complexity index is 658. The van der Waals surface area contributed by atoms with Crippen molar-refractivity contribution in [2.45, 2.75) is 6.54 Å². The number of aromatic nitrogens is 2. The molecule has 0 bridgehead atoms. The molecule has 0 aliphatic rings. The van der Waals surface area contributed by atoms with Crippen molar-refractivity contribution in [1.29, 1.82) is 0 Å². The number of imidazole rings is 1. The quantitative estimate of drug-likeness (QED) is 0.538. The van der Waals surface area contributed by atoms with E-state index < -0.39 is 40.6 Å². The maximum absolute atomic E-state index is 13.5. The van der Waals surface area contributed by atoms with Crippen LogP contribution in [-0.2, 0) is 6.54 Å². The molecule has 0 atom stereocenters. The second kappa shape index (κ2) is 5.51. The molecule has 0 unspecified atom stereocenters. The summed E-state index contributed by atoms with van der Waals surface area (Å²) >= 11 is 0. The van der Waals surface area contributed by atoms with E-state index >= 15 is 0 Å². The van der Waals surface area contributed by atoms with Crippen LogP contribution in [0.15, 0.2) is 12.4 Å². The van der Waals surface area contributed by atoms with E-state index in [-0.39, 0.29) is 12.4 Å². The number of halogens is 5. The van der Waals surface area contributed by atoms with E-state index in [1.807, 2.05) is 0 Å². The van der Waals surface area contributed by atoms with Gasteiger partial charge in [0.2, 0.25) is 5.82 Å². The topological polar surface area (TPSA) is 49.0 Å². The average Bonchev–Trinajstić information content (AvgIpc) is 2.96. The number of hydrogen-bond acceptors (Lipinski definition) is 2. The second-order valence-electron chi connectivity index (χ2n) is 4.14. The van der Waals surface area contributed by atoms with Crippen LogP contribution in [0.1, 0.15) is 16.2 Å². The van der Waals surface area contributed by atoms with Gasteiger partial charge in [0.05, 0.1) is 6.54 Å². The Morgan fingerprint density at radius 2 is 1.62 bits per heavy atom. The molecule has 1 N–H and O–H groups in total. The van der Waals surface area contributed by atoms with Crippen LogP contribution in [0, 0.1) is 29.1 Å². The molecule has 1 amide bonds. The molecule has 112 valence electrons. The minimum absolute atomic E-state index is 0.189. The third kappa shape index (κ3) is 2.58. The zero-order valence-corrected chi connectivity index (χ0v) is 10.6. The third-order valence-electron chi connectivity index (χ3n) is 2.71. The summed E-state index contributed by atoms with van der Waals surface area (Å²) < 4.78 is 66.0. The van der Waals surface area contributed by atoms with Crippen molar-refractivity contribution in [1.82, 2.24) is 14.9 Å². The first kappa shape index (κ1) is 14.9. The van der Waals surface area contributed by atoms with Crippen molar-refractivity contribution in [2.24, 2.45) is 0 Å². The van der Waals surface area contributed by atoms with Gasteiger partial charge in [0.15, 0.2) is 23.3 Å². The number of benzene rings is 1. The van der Waals surface area contributed by atoms with Gasteiger partial charge in [0.1, 0.15) is 11.4 Å². The van der Waals surface area contributed by atoms with Gasteiger partial charge in [0, 0.05) is 19.4 Å². The van der Waals surface area contributed by atoms with Crippen molar-refractivity contribution in [3.8, 4) is 0 Å². The summed E-state index contributed by atoms with van der Waals surface area (Å²) in [5.74, 6) is -12.0. The van der Waals surface area contributed by atoms with E-state index in [2.05, 4.69) is 9.97 Å². The zero-order chi connectivity index (χ0) is 15.7. The predicted molar refractivity (Wildman–Crippen MR) is 60.6 cm³/mol. The summed E-state index contributed by atoms with van der Waals surface area (Å²) in [5.41, 5.74) is -1.50. The Hall–Kier alpha value is -2.45. The Kier molecular flexibility index (Phi) is 3.92. The molecular weight excluding hydrogens is 297 g/mol. The lowest BCUT2D eigenvalue weighted by atomic mass is 10.1. The molecule has 0 fully saturated rings. The minimum atomic E-state index is -2.31. The molecule has 1 aromatic carbocycles. The van der Waals surface area contributed by atoms with Crippen molar-refractivity contribution >= 4 is 5.91 Å². The Balaban J connectivity index is 2.39. The van der Waals surface area contributed by atoms with Gasteiger partial charge in [-0.3, -0.25) is 4.79 Å². The van der Waals surface area contributed by atoms with Gasteiger partial charge in [0.25, 0.3) is 5.91 Å². The number of aromatic amines is 1. The van der Waals surface area contributed by atoms with E-state index in [1.54, 1.807) is 0 Å². The lowest BCUT2D eigenvalue weighted by Crippen LogP contribution is -2.29. The van der Waals surface area contributed by atoms with Crippen molar-refractivity contribution in [3.05, 3.63) is 52.9 Å². The summed E-state index contributed by atoms with van der Waals surface area (Å²) in [6.07, 6.45) is 2.83. The number of carbonyl (C=O) groups excluding carboxylic acids is 1. The molecule has 9 heteroatoms. The van der Waals surface area contributed by atoms with Crippen LogP contribution in [0.2, 0.25) is 0 Å². The predicted octanol–water partition coefficient (Wildman–Crippen LogP) is 2.38. The summed E-state index contributed by atoms with van der Waals surface area (Å²) in [4.78, 5) is 19.1. The highest BCUT2D eigenvalue weighted by atomic mass is 19.2. The number of amides is 1. The van der Waals surface area contributed by atoms with Crippen LogP contribution in [-0.4, -0.2) is 27.8 Å². The number of rotatable bonds is 3. The molecule has 1 aromatic heterocycles. The van der Waals surface area contributed by atoms with Gasteiger partial charge < -0.3 is 9.88 Å². The minimum Gasteiger partial charge on any atom is -0.347 e. The van der Waals surface area contributed by atoms with Crippen LogP contribution in [0.3, 0.4) is 0 Å². The van der Waals surface area contributed by atoms with E-state index in [1.165, 1.54) is 12.4 Å². The molecule has 0 spiro atoms. The van der Waals surface area contributed by atoms with E-state index in [4.69, 9.17) is 0 Å². The highest BCUT2D eigenvalue weighted by Gasteiger charge is 2.31. The number of hydrogen-bond donors (Lipinski definition) is 1. The van der Waals surface area contributed by atoms with Gasteiger partial charge >= 0.3 is 0 Å². The molecule has 2 aromatic rings. The molecule has 0 aliphatic carbocycles. The molecular formula is C12H8F5N3O. The van der Waals surface area contributed by atoms with E-state index in [0.717, 1.165) is 11.9 Å². The highest BCUT2D eigenvalue weighted by molar-refractivity contribution is 5.94. The normalized spacial score (nSPS) is 10.8. The number of nitrogens with zero attached hydrogens (tertiary/aromatic N) is 2. The van der Waals surface area contributed by atoms with Crippen LogP contribution in [0.4, 0.5) is 22.0 Å². The van der Waals surface area contributed by atoms with Crippen LogP contribution >= 0.6 is 0 Å². The Morgan fingerprint density at radius 3 is 2.10 bits per heavy atom. The lowest BCUT2D eigenvalue weighted by Gasteiger charge is -2.17. The van der Waals surface area contributed by atoms with Gasteiger partial charge in [-0.25, -0.2) is 26.9 Å². The van der Waals surface area contributed by atoms with Crippen LogP contribution in [0.5, 0.6) is 0 Å². The van der Waals surface area contributed by atoms with Gasteiger partial charge in [-0.2, -0.15) is 0 Å². The zero-order valence-electron chi connectivity index (χ0n) is 10.6. The average molecular weight is 305 g/mol. The molecule has 2 rings (SSSR count). The third-order valence-corrected chi connectivity index (χ3v) is 2.71. The molecule has 21 heavy (non-hydrogen) atoms. The molecule has 0 saturated heterocycles. The SMILES string of the molecule is CN(Cc1ncc[nH]1)C(=O)c1c(F)c(F)c(F)c(F)c1F. The first-order valence-electron chi connectivity index (χ1n) is 5.59. The van der Waals surface area contributed by atoms with E-state index in [0.29, 0.717) is 0 Å². The highest BCUT2D eigenvalue weighted by Crippen LogP contribution is 2.24. The fourth-order valence-electron chi connectivity index (χ4n) is 1.66. The maximum atomic E-state index is 13.5. The molecule has 4 nitrogen and oxygen atoms in total. The summed E-state index contributed by atoms with van der Waals surface area (Å²) in [6.45, 7) is -0.189. The van der Waals surface area contributed by atoms with Gasteiger partial charge in [-0.15, -0.1) is 0 Å². The second-order valence-corrected chi connectivity index (χ2v) is 4.14. The number of nitrogens with one attached hydrogen (secondary N) is 1. The molecule has 0 saturated carbocycles. The van der Waals surface area contributed by atoms with Gasteiger partial charge in [-0.05, 0) is 0 Å². The summed E-state index contributed by atoms with van der Waals surface area (Å²) in [7, 11) is 1.14. The van der Waals surface area contributed by atoms with Crippen molar-refractivity contribution < 1.29 is 26.7 Å². The Labute approximate surface area is 115 Å². The maximum Gasteiger partial charge on any atom is 0.260 e. The van der Waals surface area contributed by atoms with E-state index in [9.17, 15) is 26.7 Å². The fraction of sp³-hybridized carbons (Fsp3) is 0.167.